The van der Waals surface area contributed by atoms with Crippen LogP contribution in [0.25, 0.3) is 0 Å². The van der Waals surface area contributed by atoms with Crippen LogP contribution in [0.4, 0.5) is 0 Å². The molecule has 9 heteroatoms. The number of thioether (sulfide) groups is 1. The van der Waals surface area contributed by atoms with E-state index in [4.69, 9.17) is 28.3 Å². The Morgan fingerprint density at radius 2 is 2.07 bits per heavy atom. The molecule has 0 saturated carbocycles. The normalized spacial score (nSPS) is 11.7. The zero-order valence-electron chi connectivity index (χ0n) is 7.35. The van der Waals surface area contributed by atoms with Crippen LogP contribution in [0.1, 0.15) is 0 Å². The zero-order valence-corrected chi connectivity index (χ0v) is 10.5. The number of nitrogens with two attached hydrogens (primary N) is 1. The molecule has 0 bridgehead atoms. The zero-order chi connectivity index (χ0) is 11.5. The van der Waals surface area contributed by atoms with Crippen molar-refractivity contribution in [3.05, 3.63) is 16.4 Å². The summed E-state index contributed by atoms with van der Waals surface area (Å²) in [6.07, 6.45) is 0. The van der Waals surface area contributed by atoms with Gasteiger partial charge in [0.05, 0.1) is 5.75 Å². The van der Waals surface area contributed by atoms with E-state index in [-0.39, 0.29) is 16.1 Å². The summed E-state index contributed by atoms with van der Waals surface area (Å²) in [5, 5.41) is 12.3. The summed E-state index contributed by atoms with van der Waals surface area (Å²) in [7, 11) is -3.45. The minimum absolute atomic E-state index is 0.131. The molecule has 0 aliphatic carbocycles. The number of rotatable bonds is 4. The highest BCUT2D eigenvalue weighted by atomic mass is 35.5. The Labute approximate surface area is 101 Å². The Morgan fingerprint density at radius 1 is 1.40 bits per heavy atom. The van der Waals surface area contributed by atoms with E-state index in [0.29, 0.717) is 10.6 Å². The van der Waals surface area contributed by atoms with Crippen LogP contribution < -0.4 is 5.14 Å². The molecule has 0 amide bonds. The van der Waals surface area contributed by atoms with Gasteiger partial charge in [-0.1, -0.05) is 23.2 Å². The van der Waals surface area contributed by atoms with Gasteiger partial charge in [-0.05, 0) is 6.07 Å². The third-order valence-corrected chi connectivity index (χ3v) is 3.95. The number of hydrogen-bond acceptors (Lipinski definition) is 5. The molecule has 0 saturated heterocycles. The molecule has 1 aromatic heterocycles. The van der Waals surface area contributed by atoms with E-state index in [1.54, 1.807) is 0 Å². The fourth-order valence-corrected chi connectivity index (χ4v) is 3.01. The molecule has 15 heavy (non-hydrogen) atoms. The van der Waals surface area contributed by atoms with Gasteiger partial charge in [0.2, 0.25) is 10.0 Å². The highest BCUT2D eigenvalue weighted by molar-refractivity contribution is 8.00. The SMILES string of the molecule is NS(=O)(=O)CCSc1cc(Cl)nnc1Cl. The largest absolute Gasteiger partial charge is 0.229 e. The Bertz CT molecular complexity index is 452. The van der Waals surface area contributed by atoms with Gasteiger partial charge in [0, 0.05) is 10.6 Å². The molecule has 0 atom stereocenters. The van der Waals surface area contributed by atoms with E-state index in [2.05, 4.69) is 10.2 Å². The first-order valence-corrected chi connectivity index (χ1v) is 7.16. The summed E-state index contributed by atoms with van der Waals surface area (Å²) >= 11 is 12.5. The van der Waals surface area contributed by atoms with E-state index in [9.17, 15) is 8.42 Å². The van der Waals surface area contributed by atoms with Gasteiger partial charge < -0.3 is 0 Å². The van der Waals surface area contributed by atoms with Gasteiger partial charge in [-0.3, -0.25) is 0 Å². The van der Waals surface area contributed by atoms with Crippen LogP contribution in [0.5, 0.6) is 0 Å². The van der Waals surface area contributed by atoms with Crippen LogP contribution in [-0.4, -0.2) is 30.1 Å². The van der Waals surface area contributed by atoms with Crippen molar-refractivity contribution < 1.29 is 8.42 Å². The third-order valence-electron chi connectivity index (χ3n) is 1.31. The fraction of sp³-hybridized carbons (Fsp3) is 0.333. The number of halogens is 2. The average Bonchev–Trinajstić information content (AvgIpc) is 2.09. The lowest BCUT2D eigenvalue weighted by Gasteiger charge is -2.01. The summed E-state index contributed by atoms with van der Waals surface area (Å²) < 4.78 is 21.3. The van der Waals surface area contributed by atoms with Gasteiger partial charge in [0.25, 0.3) is 0 Å². The summed E-state index contributed by atoms with van der Waals surface area (Å²) in [5.74, 6) is 0.161. The number of aromatic nitrogens is 2. The molecule has 0 radical (unpaired) electrons. The second-order valence-electron chi connectivity index (χ2n) is 2.54. The first kappa shape index (κ1) is 13.0. The smallest absolute Gasteiger partial charge is 0.209 e. The average molecular weight is 288 g/mol. The van der Waals surface area contributed by atoms with Crippen molar-refractivity contribution in [2.24, 2.45) is 5.14 Å². The van der Waals surface area contributed by atoms with Crippen LogP contribution in [0.2, 0.25) is 10.3 Å². The summed E-state index contributed by atoms with van der Waals surface area (Å²) in [6, 6.07) is 1.52. The van der Waals surface area contributed by atoms with Crippen LogP contribution >= 0.6 is 35.0 Å². The predicted molar refractivity (Wildman–Crippen MR) is 60.8 cm³/mol. The van der Waals surface area contributed by atoms with E-state index < -0.39 is 10.0 Å². The highest BCUT2D eigenvalue weighted by Gasteiger charge is 2.07. The Kier molecular flexibility index (Phi) is 4.60. The maximum Gasteiger partial charge on any atom is 0.209 e. The summed E-state index contributed by atoms with van der Waals surface area (Å²) in [6.45, 7) is 0. The standard InChI is InChI=1S/C6H7Cl2N3O2S2/c7-5-3-4(6(8)11-10-5)14-1-2-15(9,12)13/h3H,1-2H2,(H2,9,12,13). The third kappa shape index (κ3) is 4.98. The van der Waals surface area contributed by atoms with Gasteiger partial charge in [-0.15, -0.1) is 22.0 Å². The molecule has 0 aliphatic heterocycles. The number of hydrogen-bond donors (Lipinski definition) is 1. The van der Waals surface area contributed by atoms with Crippen LogP contribution in [0, 0.1) is 0 Å². The maximum absolute atomic E-state index is 10.7. The maximum atomic E-state index is 10.7. The van der Waals surface area contributed by atoms with Gasteiger partial charge >= 0.3 is 0 Å². The second kappa shape index (κ2) is 5.31. The van der Waals surface area contributed by atoms with E-state index >= 15 is 0 Å². The Balaban J connectivity index is 2.61. The number of primary sulfonamides is 1. The molecule has 1 heterocycles. The van der Waals surface area contributed by atoms with Crippen molar-refractivity contribution in [1.29, 1.82) is 0 Å². The lowest BCUT2D eigenvalue weighted by molar-refractivity contribution is 0.599. The molecule has 1 aromatic rings. The quantitative estimate of drug-likeness (QED) is 0.840. The molecule has 0 aromatic carbocycles. The molecule has 0 fully saturated rings. The fourth-order valence-electron chi connectivity index (χ4n) is 0.707. The van der Waals surface area contributed by atoms with Gasteiger partial charge in [0.1, 0.15) is 0 Å². The Morgan fingerprint density at radius 3 is 2.67 bits per heavy atom. The first-order chi connectivity index (χ1) is 6.88. The van der Waals surface area contributed by atoms with E-state index in [1.165, 1.54) is 17.8 Å². The predicted octanol–water partition coefficient (Wildman–Crippen LogP) is 1.16. The molecule has 84 valence electrons. The molecule has 1 rings (SSSR count). The van der Waals surface area contributed by atoms with Crippen molar-refractivity contribution in [2.45, 2.75) is 4.90 Å². The van der Waals surface area contributed by atoms with Crippen LogP contribution in [-0.2, 0) is 10.0 Å². The topological polar surface area (TPSA) is 85.9 Å². The molecular weight excluding hydrogens is 281 g/mol. The molecule has 5 nitrogen and oxygen atoms in total. The lowest BCUT2D eigenvalue weighted by Crippen LogP contribution is -2.17. The van der Waals surface area contributed by atoms with Crippen molar-refractivity contribution in [3.63, 3.8) is 0 Å². The van der Waals surface area contributed by atoms with Gasteiger partial charge in [0.15, 0.2) is 10.3 Å². The summed E-state index contributed by atoms with van der Waals surface area (Å²) in [4.78, 5) is 0.584. The monoisotopic (exact) mass is 287 g/mol. The minimum Gasteiger partial charge on any atom is -0.229 e. The van der Waals surface area contributed by atoms with Crippen LogP contribution in [0.3, 0.4) is 0 Å². The van der Waals surface area contributed by atoms with E-state index in [1.807, 2.05) is 0 Å². The van der Waals surface area contributed by atoms with Crippen molar-refractivity contribution >= 4 is 45.0 Å². The van der Waals surface area contributed by atoms with Gasteiger partial charge in [-0.25, -0.2) is 13.6 Å². The Hall–Kier alpha value is -0.0800. The molecule has 2 N–H and O–H groups in total. The highest BCUT2D eigenvalue weighted by Crippen LogP contribution is 2.26. The molecule has 0 aliphatic rings. The molecule has 0 unspecified atom stereocenters. The van der Waals surface area contributed by atoms with Crippen molar-refractivity contribution in [1.82, 2.24) is 10.2 Å². The second-order valence-corrected chi connectivity index (χ2v) is 6.15. The number of nitrogens with zero attached hydrogens (tertiary/aromatic N) is 2. The van der Waals surface area contributed by atoms with Crippen molar-refractivity contribution in [2.75, 3.05) is 11.5 Å². The molecule has 0 spiro atoms. The summed E-state index contributed by atoms with van der Waals surface area (Å²) in [5.41, 5.74) is 0. The van der Waals surface area contributed by atoms with Crippen LogP contribution in [0.15, 0.2) is 11.0 Å². The minimum atomic E-state index is -3.45. The lowest BCUT2D eigenvalue weighted by atomic mass is 10.6. The first-order valence-electron chi connectivity index (χ1n) is 3.70. The number of sulfonamides is 1. The van der Waals surface area contributed by atoms with Gasteiger partial charge in [-0.2, -0.15) is 0 Å². The van der Waals surface area contributed by atoms with E-state index in [0.717, 1.165) is 0 Å². The molecular formula is C6H7Cl2N3O2S2. The van der Waals surface area contributed by atoms with Crippen molar-refractivity contribution in [3.8, 4) is 0 Å².